The Morgan fingerprint density at radius 1 is 1.43 bits per heavy atom. The fraction of sp³-hybridized carbons (Fsp3) is 0.421. The van der Waals surface area contributed by atoms with Crippen LogP contribution in [0, 0.1) is 40.9 Å². The van der Waals surface area contributed by atoms with Gasteiger partial charge in [-0.25, -0.2) is 16.9 Å². The first-order chi connectivity index (χ1) is 14.1. The first-order valence-electron chi connectivity index (χ1n) is 9.25. The quantitative estimate of drug-likeness (QED) is 0.392. The Bertz CT molecular complexity index is 822. The molecule has 3 heterocycles. The van der Waals surface area contributed by atoms with E-state index in [1.165, 1.54) is 0 Å². The van der Waals surface area contributed by atoms with Crippen molar-refractivity contribution in [1.82, 2.24) is 14.9 Å². The average molecular weight is 648 g/mol. The Morgan fingerprint density at radius 3 is 2.70 bits per heavy atom. The molecule has 0 bridgehead atoms. The monoisotopic (exact) mass is 648 g/mol. The summed E-state index contributed by atoms with van der Waals surface area (Å²) in [6.07, 6.45) is 7.96. The third-order valence-electron chi connectivity index (χ3n) is 4.74. The van der Waals surface area contributed by atoms with Crippen LogP contribution in [0.5, 0.6) is 0 Å². The summed E-state index contributed by atoms with van der Waals surface area (Å²) in [6, 6.07) is 1.90. The summed E-state index contributed by atoms with van der Waals surface area (Å²) in [5.74, 6) is 1.64. The van der Waals surface area contributed by atoms with Crippen LogP contribution in [0.4, 0.5) is 12.1 Å². The molecule has 0 aromatic carbocycles. The first kappa shape index (κ1) is 24.4. The number of aliphatic imine (C=N–C) groups is 2. The van der Waals surface area contributed by atoms with E-state index >= 15 is 0 Å². The number of halogens is 3. The van der Waals surface area contributed by atoms with Gasteiger partial charge in [-0.15, -0.1) is 6.20 Å². The van der Waals surface area contributed by atoms with E-state index in [-0.39, 0.29) is 5.92 Å². The van der Waals surface area contributed by atoms with Crippen LogP contribution in [0.25, 0.3) is 5.70 Å². The van der Waals surface area contributed by atoms with Crippen molar-refractivity contribution in [1.29, 1.82) is 0 Å². The van der Waals surface area contributed by atoms with E-state index in [1.54, 1.807) is 18.6 Å². The molecule has 30 heavy (non-hydrogen) atoms. The summed E-state index contributed by atoms with van der Waals surface area (Å²) >= 11 is -5.23. The van der Waals surface area contributed by atoms with Crippen LogP contribution >= 0.6 is 0 Å². The van der Waals surface area contributed by atoms with Crippen LogP contribution in [0.2, 0.25) is 0 Å². The van der Waals surface area contributed by atoms with Crippen LogP contribution in [-0.4, -0.2) is 58.1 Å². The molecule has 1 unspecified atom stereocenters. The number of hydrogen-bond acceptors (Lipinski definition) is 7. The molecule has 1 aromatic heterocycles. The first-order valence-corrected chi connectivity index (χ1v) is 14.0. The van der Waals surface area contributed by atoms with Crippen LogP contribution in [-0.2, 0) is 0 Å². The molecule has 7 nitrogen and oxygen atoms in total. The van der Waals surface area contributed by atoms with Crippen molar-refractivity contribution < 1.29 is 39.5 Å². The van der Waals surface area contributed by atoms with Gasteiger partial charge in [-0.1, -0.05) is 5.70 Å². The summed E-state index contributed by atoms with van der Waals surface area (Å²) in [5.41, 5.74) is 0.715. The van der Waals surface area contributed by atoms with E-state index in [1.807, 2.05) is 31.0 Å². The molecule has 1 atom stereocenters. The molecule has 2 aliphatic rings. The van der Waals surface area contributed by atoms with Gasteiger partial charge in [0.05, 0.1) is 17.5 Å². The SMILES string of the molecule is C=N/C=C(/c1nccc(N2CCC(C(C)(C)O)C2)n1)N1C=C([CH2-])N=CC1.[F][U]([F])[F]. The van der Waals surface area contributed by atoms with E-state index < -0.39 is 33.7 Å². The van der Waals surface area contributed by atoms with Gasteiger partial charge in [-0.05, 0) is 33.1 Å². The number of hydrogen-bond donors (Lipinski definition) is 1. The number of nitrogens with zero attached hydrogens (tertiary/aromatic N) is 6. The fourth-order valence-electron chi connectivity index (χ4n) is 3.22. The fourth-order valence-corrected chi connectivity index (χ4v) is 3.22. The number of allylic oxidation sites excluding steroid dienone is 1. The van der Waals surface area contributed by atoms with Gasteiger partial charge in [0.25, 0.3) is 0 Å². The van der Waals surface area contributed by atoms with E-state index in [0.29, 0.717) is 18.1 Å². The Hall–Kier alpha value is -1.83. The molecule has 0 amide bonds. The topological polar surface area (TPSA) is 77.2 Å². The summed E-state index contributed by atoms with van der Waals surface area (Å²) in [7, 11) is 0. The van der Waals surface area contributed by atoms with Gasteiger partial charge in [0.2, 0.25) is 0 Å². The summed E-state index contributed by atoms with van der Waals surface area (Å²) in [5, 5.41) is 10.3. The van der Waals surface area contributed by atoms with Gasteiger partial charge in [0.1, 0.15) is 5.82 Å². The molecule has 1 fully saturated rings. The molecule has 0 spiro atoms. The predicted molar refractivity (Wildman–Crippen MR) is 108 cm³/mol. The summed E-state index contributed by atoms with van der Waals surface area (Å²) in [6.45, 7) is 13.4. The van der Waals surface area contributed by atoms with E-state index in [0.717, 1.165) is 31.0 Å². The molecule has 0 aliphatic carbocycles. The van der Waals surface area contributed by atoms with Crippen molar-refractivity contribution in [2.45, 2.75) is 25.9 Å². The standard InChI is InChI=1S/C19H25N6O.3FH.U/c1-14-12-24(10-8-21-14)16(11-20-4)18-22-7-5-17(23-18)25-9-6-15(13-25)19(2,3)26;;;;/h5,7-8,11-12,15,26H,1,4,6,9-10,13H2,2-3H3;3*1H;/q-1;;;;+3/p-3/b16-11-;;;;. The van der Waals surface area contributed by atoms with Gasteiger partial charge in [-0.2, -0.15) is 0 Å². The van der Waals surface area contributed by atoms with Crippen molar-refractivity contribution in [2.75, 3.05) is 24.5 Å². The molecular formula is C19H25F3N6OU-. The predicted octanol–water partition coefficient (Wildman–Crippen LogP) is 3.40. The zero-order chi connectivity index (χ0) is 22.3. The third-order valence-corrected chi connectivity index (χ3v) is 4.74. The summed E-state index contributed by atoms with van der Waals surface area (Å²) < 4.78 is 29.7. The minimum atomic E-state index is -5.23. The Balaban J connectivity index is 0.000000735. The van der Waals surface area contributed by atoms with E-state index in [9.17, 15) is 11.4 Å². The van der Waals surface area contributed by atoms with Crippen LogP contribution < -0.4 is 4.90 Å². The number of rotatable bonds is 5. The van der Waals surface area contributed by atoms with Crippen molar-refractivity contribution >= 4 is 24.4 Å². The van der Waals surface area contributed by atoms with Gasteiger partial charge in [-0.3, -0.25) is 9.98 Å². The van der Waals surface area contributed by atoms with Gasteiger partial charge in [0, 0.05) is 38.0 Å². The second kappa shape index (κ2) is 11.0. The number of anilines is 1. The van der Waals surface area contributed by atoms with Crippen LogP contribution in [0.3, 0.4) is 0 Å². The Morgan fingerprint density at radius 2 is 2.13 bits per heavy atom. The Labute approximate surface area is 187 Å². The van der Waals surface area contributed by atoms with Crippen molar-refractivity contribution in [3.05, 3.63) is 43.1 Å². The molecule has 2 aliphatic heterocycles. The molecule has 0 saturated carbocycles. The van der Waals surface area contributed by atoms with E-state index in [4.69, 9.17) is 4.98 Å². The van der Waals surface area contributed by atoms with Gasteiger partial charge in [0.15, 0.2) is 5.82 Å². The second-order valence-corrected chi connectivity index (χ2v) is 9.10. The zero-order valence-electron chi connectivity index (χ0n) is 17.0. The van der Waals surface area contributed by atoms with Gasteiger partial charge < -0.3 is 14.9 Å². The summed E-state index contributed by atoms with van der Waals surface area (Å²) in [4.78, 5) is 21.4. The van der Waals surface area contributed by atoms with Crippen molar-refractivity contribution in [3.63, 3.8) is 0 Å². The van der Waals surface area contributed by atoms with Crippen LogP contribution in [0.1, 0.15) is 26.1 Å². The molecule has 1 saturated heterocycles. The third kappa shape index (κ3) is 7.15. The average Bonchev–Trinajstić information content (AvgIpc) is 3.16. The second-order valence-electron chi connectivity index (χ2n) is 7.32. The zero-order valence-corrected chi connectivity index (χ0v) is 21.1. The number of aromatic nitrogens is 2. The molecule has 3 rings (SSSR count). The van der Waals surface area contributed by atoms with E-state index in [2.05, 4.69) is 33.5 Å². The molecule has 163 valence electrons. The van der Waals surface area contributed by atoms with Crippen molar-refractivity contribution in [2.24, 2.45) is 15.9 Å². The van der Waals surface area contributed by atoms with Crippen LogP contribution in [0.15, 0.2) is 40.3 Å². The molecule has 0 radical (unpaired) electrons. The van der Waals surface area contributed by atoms with Crippen molar-refractivity contribution in [3.8, 4) is 0 Å². The van der Waals surface area contributed by atoms with Gasteiger partial charge >= 0.3 is 34.4 Å². The maximum absolute atomic E-state index is 10.3. The minimum absolute atomic E-state index is 0.223. The Kier molecular flexibility index (Phi) is 8.95. The number of aliphatic hydroxyl groups is 1. The maximum atomic E-state index is 10.3. The molecule has 1 N–H and O–H groups in total. The molecular weight excluding hydrogens is 623 g/mol. The molecule has 11 heteroatoms. The normalized spacial score (nSPS) is 19.2. The molecule has 1 aromatic rings.